The summed E-state index contributed by atoms with van der Waals surface area (Å²) in [5.74, 6) is -0.594. The van der Waals surface area contributed by atoms with Crippen molar-refractivity contribution in [2.45, 2.75) is 38.3 Å². The highest BCUT2D eigenvalue weighted by Crippen LogP contribution is 2.40. The van der Waals surface area contributed by atoms with E-state index in [1.807, 2.05) is 32.0 Å². The first-order valence-electron chi connectivity index (χ1n) is 10.5. The zero-order valence-electron chi connectivity index (χ0n) is 18.6. The third-order valence-electron chi connectivity index (χ3n) is 5.75. The molecule has 0 unspecified atom stereocenters. The predicted octanol–water partition coefficient (Wildman–Crippen LogP) is 2.49. The molecule has 2 aliphatic rings. The van der Waals surface area contributed by atoms with Crippen LogP contribution in [0.1, 0.15) is 30.0 Å². The van der Waals surface area contributed by atoms with Gasteiger partial charge in [0.2, 0.25) is 12.3 Å². The van der Waals surface area contributed by atoms with Crippen molar-refractivity contribution in [2.24, 2.45) is 0 Å². The minimum absolute atomic E-state index is 0.0587. The predicted molar refractivity (Wildman–Crippen MR) is 127 cm³/mol. The Hall–Kier alpha value is -2.91. The molecule has 0 aliphatic carbocycles. The molecule has 1 saturated heterocycles. The number of likely N-dealkylation sites (tertiary alicyclic amines) is 1. The first-order chi connectivity index (χ1) is 15.6. The highest BCUT2D eigenvalue weighted by Gasteiger charge is 2.46. The number of aliphatic hydroxyl groups is 3. The Kier molecular flexibility index (Phi) is 7.14. The fourth-order valence-electron chi connectivity index (χ4n) is 4.32. The highest BCUT2D eigenvalue weighted by atomic mass is 35.5. The second-order valence-corrected chi connectivity index (χ2v) is 8.62. The molecule has 2 amide bonds. The second kappa shape index (κ2) is 9.52. The van der Waals surface area contributed by atoms with Gasteiger partial charge >= 0.3 is 6.10 Å². The van der Waals surface area contributed by atoms with Gasteiger partial charge in [0.15, 0.2) is 0 Å². The molecular formula is C24H28ClN3O5. The number of aryl methyl sites for hydroxylation is 1. The molecule has 0 saturated carbocycles. The number of anilines is 2. The molecule has 0 bridgehead atoms. The Labute approximate surface area is 197 Å². The summed E-state index contributed by atoms with van der Waals surface area (Å²) in [5, 5.41) is 33.1. The van der Waals surface area contributed by atoms with Crippen LogP contribution in [0.2, 0.25) is 5.02 Å². The van der Waals surface area contributed by atoms with Gasteiger partial charge in [0, 0.05) is 30.2 Å². The number of fused-ring (bicyclic) bond motifs is 1. The standard InChI is InChI=1S/C21H22ClN3O5.C3H6/c1-13-16(3-2-4-17(13)22)20(10-24(11-20)12-26)23-15-7-5-14-6-8-19(27)25(18(14)9-15)21(28,29)30;1-3-2/h2-5,7,9,12,23,28-30H,6,8,10-11H2,1H3;3H,1H2,2H3. The molecule has 0 spiro atoms. The molecule has 176 valence electrons. The number of nitrogens with zero attached hydrogens (tertiary/aromatic N) is 2. The lowest BCUT2D eigenvalue weighted by molar-refractivity contribution is -0.306. The van der Waals surface area contributed by atoms with Crippen LogP contribution in [0.15, 0.2) is 49.1 Å². The number of allylic oxidation sites excluding steroid dienone is 1. The number of amides is 2. The summed E-state index contributed by atoms with van der Waals surface area (Å²) in [6, 6.07) is 10.8. The van der Waals surface area contributed by atoms with Gasteiger partial charge in [0.05, 0.1) is 11.2 Å². The van der Waals surface area contributed by atoms with E-state index in [-0.39, 0.29) is 12.1 Å². The van der Waals surface area contributed by atoms with Crippen molar-refractivity contribution in [3.05, 3.63) is 70.8 Å². The Morgan fingerprint density at radius 1 is 1.18 bits per heavy atom. The first kappa shape index (κ1) is 24.7. The largest absolute Gasteiger partial charge is 0.376 e. The maximum atomic E-state index is 12.2. The number of benzene rings is 2. The summed E-state index contributed by atoms with van der Waals surface area (Å²) >= 11 is 6.32. The molecule has 4 rings (SSSR count). The Morgan fingerprint density at radius 3 is 2.45 bits per heavy atom. The van der Waals surface area contributed by atoms with Crippen molar-refractivity contribution in [1.82, 2.24) is 4.90 Å². The van der Waals surface area contributed by atoms with Gasteiger partial charge in [-0.1, -0.05) is 35.9 Å². The Balaban J connectivity index is 0.000000968. The number of hydrogen-bond donors (Lipinski definition) is 4. The molecule has 9 heteroatoms. The summed E-state index contributed by atoms with van der Waals surface area (Å²) in [5.41, 5.74) is 2.77. The van der Waals surface area contributed by atoms with E-state index in [1.165, 1.54) is 0 Å². The number of nitrogens with one attached hydrogen (secondary N) is 1. The lowest BCUT2D eigenvalue weighted by atomic mass is 9.80. The van der Waals surface area contributed by atoms with E-state index in [4.69, 9.17) is 11.6 Å². The molecule has 33 heavy (non-hydrogen) atoms. The number of hydrogen-bond acceptors (Lipinski definition) is 6. The minimum Gasteiger partial charge on any atom is -0.372 e. The van der Waals surface area contributed by atoms with Crippen LogP contribution >= 0.6 is 11.6 Å². The van der Waals surface area contributed by atoms with E-state index in [0.717, 1.165) is 17.5 Å². The van der Waals surface area contributed by atoms with Crippen molar-refractivity contribution in [3.8, 4) is 0 Å². The molecule has 0 aromatic heterocycles. The molecule has 0 radical (unpaired) electrons. The van der Waals surface area contributed by atoms with Gasteiger partial charge in [-0.25, -0.2) is 4.90 Å². The van der Waals surface area contributed by atoms with E-state index < -0.39 is 17.5 Å². The third-order valence-corrected chi connectivity index (χ3v) is 6.16. The van der Waals surface area contributed by atoms with E-state index in [9.17, 15) is 24.9 Å². The molecular weight excluding hydrogens is 446 g/mol. The minimum atomic E-state index is -3.29. The van der Waals surface area contributed by atoms with Crippen LogP contribution in [0.5, 0.6) is 0 Å². The molecule has 2 aromatic rings. The molecule has 0 atom stereocenters. The number of carbonyl (C=O) groups is 2. The SMILES string of the molecule is C=CC.Cc1c(Cl)cccc1C1(Nc2ccc3c(c2)N(C(O)(O)O)C(=O)CC3)CN(C=O)C1. The van der Waals surface area contributed by atoms with Crippen molar-refractivity contribution >= 4 is 35.3 Å². The number of rotatable bonds is 5. The van der Waals surface area contributed by atoms with Crippen molar-refractivity contribution in [1.29, 1.82) is 0 Å². The average molecular weight is 474 g/mol. The normalized spacial score (nSPS) is 16.7. The van der Waals surface area contributed by atoms with Crippen LogP contribution in [0.3, 0.4) is 0 Å². The summed E-state index contributed by atoms with van der Waals surface area (Å²) in [6.45, 7) is 8.00. The number of halogens is 1. The first-order valence-corrected chi connectivity index (χ1v) is 10.9. The van der Waals surface area contributed by atoms with E-state index in [1.54, 1.807) is 29.2 Å². The second-order valence-electron chi connectivity index (χ2n) is 8.21. The summed E-state index contributed by atoms with van der Waals surface area (Å²) in [7, 11) is 0. The van der Waals surface area contributed by atoms with Crippen molar-refractivity contribution in [3.63, 3.8) is 0 Å². The van der Waals surface area contributed by atoms with Crippen molar-refractivity contribution in [2.75, 3.05) is 23.3 Å². The van der Waals surface area contributed by atoms with Gasteiger partial charge in [-0.15, -0.1) is 6.58 Å². The third kappa shape index (κ3) is 4.89. The molecule has 1 fully saturated rings. The van der Waals surface area contributed by atoms with Crippen LogP contribution in [0.25, 0.3) is 0 Å². The summed E-state index contributed by atoms with van der Waals surface area (Å²) in [6.07, 6.45) is -0.275. The molecule has 2 aromatic carbocycles. The van der Waals surface area contributed by atoms with Crippen LogP contribution in [-0.2, 0) is 21.5 Å². The molecule has 8 nitrogen and oxygen atoms in total. The molecule has 2 aliphatic heterocycles. The Morgan fingerprint density at radius 2 is 1.85 bits per heavy atom. The lowest BCUT2D eigenvalue weighted by Gasteiger charge is -2.50. The van der Waals surface area contributed by atoms with Crippen LogP contribution < -0.4 is 10.2 Å². The van der Waals surface area contributed by atoms with Gasteiger partial charge in [-0.3, -0.25) is 9.59 Å². The molecule has 4 N–H and O–H groups in total. The summed E-state index contributed by atoms with van der Waals surface area (Å²) in [4.78, 5) is 25.7. The fourth-order valence-corrected chi connectivity index (χ4v) is 4.49. The van der Waals surface area contributed by atoms with Crippen LogP contribution in [0, 0.1) is 6.92 Å². The quantitative estimate of drug-likeness (QED) is 0.301. The van der Waals surface area contributed by atoms with Crippen LogP contribution in [0.4, 0.5) is 11.4 Å². The smallest absolute Gasteiger partial charge is 0.372 e. The van der Waals surface area contributed by atoms with Gasteiger partial charge in [-0.2, -0.15) is 0 Å². The van der Waals surface area contributed by atoms with E-state index >= 15 is 0 Å². The lowest BCUT2D eigenvalue weighted by Crippen LogP contribution is -2.63. The maximum absolute atomic E-state index is 12.2. The summed E-state index contributed by atoms with van der Waals surface area (Å²) < 4.78 is 0. The van der Waals surface area contributed by atoms with E-state index in [2.05, 4.69) is 11.9 Å². The zero-order valence-corrected chi connectivity index (χ0v) is 19.3. The monoisotopic (exact) mass is 473 g/mol. The maximum Gasteiger partial charge on any atom is 0.376 e. The van der Waals surface area contributed by atoms with Gasteiger partial charge < -0.3 is 25.5 Å². The topological polar surface area (TPSA) is 113 Å². The van der Waals surface area contributed by atoms with Gasteiger partial charge in [-0.05, 0) is 55.2 Å². The highest BCUT2D eigenvalue weighted by molar-refractivity contribution is 6.31. The van der Waals surface area contributed by atoms with E-state index in [0.29, 0.717) is 40.7 Å². The number of carbonyl (C=O) groups excluding carboxylic acids is 2. The average Bonchev–Trinajstić information content (AvgIpc) is 2.72. The molecule has 2 heterocycles. The van der Waals surface area contributed by atoms with Crippen LogP contribution in [-0.4, -0.2) is 51.7 Å². The zero-order chi connectivity index (χ0) is 24.4. The van der Waals surface area contributed by atoms with Gasteiger partial charge in [0.1, 0.15) is 0 Å². The van der Waals surface area contributed by atoms with Gasteiger partial charge in [0.25, 0.3) is 0 Å². The Bertz CT molecular complexity index is 1060. The van der Waals surface area contributed by atoms with Crippen molar-refractivity contribution < 1.29 is 24.9 Å². The fraction of sp³-hybridized carbons (Fsp3) is 0.333.